The van der Waals surface area contributed by atoms with Crippen molar-refractivity contribution in [2.75, 3.05) is 0 Å². The van der Waals surface area contributed by atoms with Crippen LogP contribution < -0.4 is 9.96 Å². The molecule has 0 aliphatic carbocycles. The van der Waals surface area contributed by atoms with Crippen molar-refractivity contribution in [3.63, 3.8) is 0 Å². The van der Waals surface area contributed by atoms with E-state index in [4.69, 9.17) is 0 Å². The van der Waals surface area contributed by atoms with Crippen LogP contribution in [0.1, 0.15) is 40.5 Å². The first-order chi connectivity index (χ1) is 5.91. The van der Waals surface area contributed by atoms with Gasteiger partial charge in [-0.2, -0.15) is 0 Å². The predicted molar refractivity (Wildman–Crippen MR) is 63.3 cm³/mol. The van der Waals surface area contributed by atoms with Gasteiger partial charge in [-0.3, -0.25) is 0 Å². The summed E-state index contributed by atoms with van der Waals surface area (Å²) < 4.78 is 0. The summed E-state index contributed by atoms with van der Waals surface area (Å²) >= 11 is 0. The van der Waals surface area contributed by atoms with Gasteiger partial charge in [0.05, 0.1) is 0 Å². The van der Waals surface area contributed by atoms with Gasteiger partial charge in [-0.1, -0.05) is 27.7 Å². The normalized spacial score (nSPS) is 17.1. The average molecular weight is 202 g/mol. The standard InChI is InChI=1S/C10H26N2Si/c1-7-9(3)11-13(5,6)12-10(4)8-2/h9-12H,7-8H2,1-6H3/t9-,10+. The lowest BCUT2D eigenvalue weighted by atomic mass is 10.3. The van der Waals surface area contributed by atoms with Gasteiger partial charge in [0, 0.05) is 0 Å². The predicted octanol–water partition coefficient (Wildman–Crippen LogP) is 2.46. The van der Waals surface area contributed by atoms with Crippen LogP contribution in [0.5, 0.6) is 0 Å². The molecule has 0 aromatic heterocycles. The van der Waals surface area contributed by atoms with E-state index in [1.165, 1.54) is 12.8 Å². The summed E-state index contributed by atoms with van der Waals surface area (Å²) in [6.07, 6.45) is 2.41. The SMILES string of the molecule is CC[C@@H](C)N[Si](C)(C)N[C@@H](C)CC. The summed E-state index contributed by atoms with van der Waals surface area (Å²) in [6.45, 7) is 13.6. The summed E-state index contributed by atoms with van der Waals surface area (Å²) in [7, 11) is -1.37. The number of hydrogen-bond donors (Lipinski definition) is 2. The molecule has 0 bridgehead atoms. The Balaban J connectivity index is 3.92. The Morgan fingerprint density at radius 3 is 1.46 bits per heavy atom. The van der Waals surface area contributed by atoms with E-state index in [-0.39, 0.29) is 0 Å². The zero-order chi connectivity index (χ0) is 10.5. The van der Waals surface area contributed by atoms with Crippen molar-refractivity contribution >= 4 is 8.40 Å². The highest BCUT2D eigenvalue weighted by Crippen LogP contribution is 2.00. The number of hydrogen-bond acceptors (Lipinski definition) is 2. The first kappa shape index (κ1) is 13.1. The molecule has 0 fully saturated rings. The van der Waals surface area contributed by atoms with E-state index in [0.717, 1.165) is 0 Å². The van der Waals surface area contributed by atoms with E-state index < -0.39 is 8.40 Å². The molecule has 2 N–H and O–H groups in total. The van der Waals surface area contributed by atoms with Crippen molar-refractivity contribution in [2.45, 2.75) is 65.7 Å². The summed E-state index contributed by atoms with van der Waals surface area (Å²) in [6, 6.07) is 1.27. The fraction of sp³-hybridized carbons (Fsp3) is 1.00. The van der Waals surface area contributed by atoms with Gasteiger partial charge in [0.25, 0.3) is 0 Å². The zero-order valence-electron chi connectivity index (χ0n) is 10.1. The van der Waals surface area contributed by atoms with Crippen LogP contribution in [0.4, 0.5) is 0 Å². The first-order valence-electron chi connectivity index (χ1n) is 5.46. The third-order valence-corrected chi connectivity index (χ3v) is 4.87. The van der Waals surface area contributed by atoms with Crippen molar-refractivity contribution in [2.24, 2.45) is 0 Å². The second-order valence-corrected chi connectivity index (χ2v) is 8.36. The van der Waals surface area contributed by atoms with Gasteiger partial charge in [-0.05, 0) is 38.0 Å². The smallest absolute Gasteiger partial charge is 0.195 e. The molecular formula is C10H26N2Si. The summed E-state index contributed by atoms with van der Waals surface area (Å²) in [5, 5.41) is 0. The van der Waals surface area contributed by atoms with Gasteiger partial charge in [0.1, 0.15) is 0 Å². The van der Waals surface area contributed by atoms with E-state index in [2.05, 4.69) is 50.8 Å². The Hall–Kier alpha value is 0.137. The quantitative estimate of drug-likeness (QED) is 0.647. The third-order valence-electron chi connectivity index (χ3n) is 2.44. The second-order valence-electron chi connectivity index (χ2n) is 4.53. The molecule has 0 aliphatic heterocycles. The number of rotatable bonds is 6. The highest BCUT2D eigenvalue weighted by Gasteiger charge is 2.23. The maximum absolute atomic E-state index is 3.70. The van der Waals surface area contributed by atoms with Crippen molar-refractivity contribution in [3.05, 3.63) is 0 Å². The van der Waals surface area contributed by atoms with Gasteiger partial charge in [-0.25, -0.2) is 0 Å². The van der Waals surface area contributed by atoms with Crippen LogP contribution in [-0.4, -0.2) is 20.5 Å². The molecule has 0 aromatic carbocycles. The Kier molecular flexibility index (Phi) is 5.84. The molecule has 0 unspecified atom stereocenters. The molecule has 0 aliphatic rings. The summed E-state index contributed by atoms with van der Waals surface area (Å²) in [5.74, 6) is 0. The first-order valence-corrected chi connectivity index (χ1v) is 8.46. The Labute approximate surface area is 84.7 Å². The monoisotopic (exact) mass is 202 g/mol. The topological polar surface area (TPSA) is 24.1 Å². The summed E-state index contributed by atoms with van der Waals surface area (Å²) in [4.78, 5) is 7.40. The van der Waals surface area contributed by atoms with Crippen LogP contribution in [0.2, 0.25) is 13.1 Å². The lowest BCUT2D eigenvalue weighted by Gasteiger charge is -2.31. The molecule has 0 heterocycles. The van der Waals surface area contributed by atoms with Crippen LogP contribution in [-0.2, 0) is 0 Å². The largest absolute Gasteiger partial charge is 0.323 e. The van der Waals surface area contributed by atoms with Crippen molar-refractivity contribution in [1.82, 2.24) is 9.96 Å². The number of nitrogens with one attached hydrogen (secondary N) is 2. The van der Waals surface area contributed by atoms with E-state index in [1.807, 2.05) is 0 Å². The molecule has 2 nitrogen and oxygen atoms in total. The lowest BCUT2D eigenvalue weighted by Crippen LogP contribution is -2.62. The fourth-order valence-electron chi connectivity index (χ4n) is 1.48. The zero-order valence-corrected chi connectivity index (χ0v) is 11.1. The van der Waals surface area contributed by atoms with Crippen molar-refractivity contribution in [1.29, 1.82) is 0 Å². The third kappa shape index (κ3) is 6.24. The summed E-state index contributed by atoms with van der Waals surface area (Å²) in [5.41, 5.74) is 0. The van der Waals surface area contributed by atoms with Crippen LogP contribution in [0, 0.1) is 0 Å². The molecular weight excluding hydrogens is 176 g/mol. The molecule has 0 saturated carbocycles. The van der Waals surface area contributed by atoms with Gasteiger partial charge < -0.3 is 9.96 Å². The van der Waals surface area contributed by atoms with Crippen molar-refractivity contribution < 1.29 is 0 Å². The second kappa shape index (κ2) is 5.78. The van der Waals surface area contributed by atoms with Gasteiger partial charge >= 0.3 is 0 Å². The van der Waals surface area contributed by atoms with Crippen LogP contribution in [0.25, 0.3) is 0 Å². The molecule has 80 valence electrons. The van der Waals surface area contributed by atoms with Crippen molar-refractivity contribution in [3.8, 4) is 0 Å². The minimum atomic E-state index is -1.37. The maximum Gasteiger partial charge on any atom is 0.195 e. The molecule has 13 heavy (non-hydrogen) atoms. The van der Waals surface area contributed by atoms with Gasteiger partial charge in [-0.15, -0.1) is 0 Å². The van der Waals surface area contributed by atoms with Crippen LogP contribution in [0.3, 0.4) is 0 Å². The van der Waals surface area contributed by atoms with E-state index in [0.29, 0.717) is 12.1 Å². The molecule has 0 saturated heterocycles. The molecule has 0 rings (SSSR count). The highest BCUT2D eigenvalue weighted by molar-refractivity contribution is 6.72. The molecule has 0 amide bonds. The van der Waals surface area contributed by atoms with Gasteiger partial charge in [0.2, 0.25) is 0 Å². The molecule has 2 atom stereocenters. The van der Waals surface area contributed by atoms with Crippen LogP contribution in [0.15, 0.2) is 0 Å². The van der Waals surface area contributed by atoms with Crippen LogP contribution >= 0.6 is 0 Å². The van der Waals surface area contributed by atoms with E-state index in [1.54, 1.807) is 0 Å². The van der Waals surface area contributed by atoms with E-state index in [9.17, 15) is 0 Å². The lowest BCUT2D eigenvalue weighted by molar-refractivity contribution is 0.590. The fourth-order valence-corrected chi connectivity index (χ4v) is 4.43. The molecule has 0 spiro atoms. The minimum absolute atomic E-state index is 0.637. The molecule has 0 radical (unpaired) electrons. The maximum atomic E-state index is 3.70. The average Bonchev–Trinajstić information content (AvgIpc) is 2.02. The molecule has 0 aromatic rings. The Bertz CT molecular complexity index is 123. The molecule has 3 heteroatoms. The highest BCUT2D eigenvalue weighted by atomic mass is 28.3. The minimum Gasteiger partial charge on any atom is -0.323 e. The van der Waals surface area contributed by atoms with E-state index >= 15 is 0 Å². The Morgan fingerprint density at radius 2 is 1.23 bits per heavy atom. The van der Waals surface area contributed by atoms with Gasteiger partial charge in [0.15, 0.2) is 8.40 Å². The Morgan fingerprint density at radius 1 is 0.923 bits per heavy atom.